The fourth-order valence-electron chi connectivity index (χ4n) is 2.42. The van der Waals surface area contributed by atoms with Crippen molar-refractivity contribution in [3.05, 3.63) is 39.9 Å². The number of rotatable bonds is 17. The zero-order valence-corrected chi connectivity index (χ0v) is 16.2. The van der Waals surface area contributed by atoms with Gasteiger partial charge in [0.15, 0.2) is 5.78 Å². The summed E-state index contributed by atoms with van der Waals surface area (Å²) in [5.41, 5.74) is 0.468. The van der Waals surface area contributed by atoms with Gasteiger partial charge < -0.3 is 14.2 Å². The molecule has 7 heteroatoms. The van der Waals surface area contributed by atoms with Crippen molar-refractivity contribution in [3.63, 3.8) is 0 Å². The molecule has 0 aliphatic heterocycles. The quantitative estimate of drug-likeness (QED) is 0.174. The van der Waals surface area contributed by atoms with E-state index in [9.17, 15) is 14.9 Å². The lowest BCUT2D eigenvalue weighted by molar-refractivity contribution is -0.384. The Morgan fingerprint density at radius 3 is 1.96 bits per heavy atom. The van der Waals surface area contributed by atoms with E-state index in [0.717, 1.165) is 13.0 Å². The summed E-state index contributed by atoms with van der Waals surface area (Å²) in [6.07, 6.45) is 5.78. The number of unbranched alkanes of at least 4 members (excludes halogenated alkanes) is 3. The summed E-state index contributed by atoms with van der Waals surface area (Å²) in [4.78, 5) is 22.1. The first-order chi connectivity index (χ1) is 13.1. The van der Waals surface area contributed by atoms with Gasteiger partial charge in [-0.05, 0) is 25.0 Å². The van der Waals surface area contributed by atoms with E-state index in [0.29, 0.717) is 51.4 Å². The standard InChI is InChI=1S/C20H31NO6/c1-2-3-4-5-12-25-14-16-27-17-15-26-13-6-7-20(22)18-8-10-19(11-9-18)21(23)24/h8-11H,2-7,12-17H2,1H3. The van der Waals surface area contributed by atoms with Gasteiger partial charge in [-0.1, -0.05) is 26.2 Å². The van der Waals surface area contributed by atoms with Crippen LogP contribution in [0.5, 0.6) is 0 Å². The lowest BCUT2D eigenvalue weighted by atomic mass is 10.1. The predicted octanol–water partition coefficient (Wildman–Crippen LogP) is 4.19. The van der Waals surface area contributed by atoms with Crippen LogP contribution in [0.1, 0.15) is 55.8 Å². The van der Waals surface area contributed by atoms with Gasteiger partial charge in [0.25, 0.3) is 5.69 Å². The van der Waals surface area contributed by atoms with Gasteiger partial charge in [-0.2, -0.15) is 0 Å². The Labute approximate surface area is 161 Å². The summed E-state index contributed by atoms with van der Waals surface area (Å²) >= 11 is 0. The van der Waals surface area contributed by atoms with Crippen LogP contribution in [0.15, 0.2) is 24.3 Å². The monoisotopic (exact) mass is 381 g/mol. The smallest absolute Gasteiger partial charge is 0.269 e. The molecule has 0 N–H and O–H groups in total. The van der Waals surface area contributed by atoms with Crippen LogP contribution in [0.2, 0.25) is 0 Å². The van der Waals surface area contributed by atoms with E-state index in [-0.39, 0.29) is 11.5 Å². The molecular weight excluding hydrogens is 350 g/mol. The number of nitro groups is 1. The Bertz CT molecular complexity index is 532. The van der Waals surface area contributed by atoms with Gasteiger partial charge in [0.2, 0.25) is 0 Å². The number of nitro benzene ring substituents is 1. The third-order valence-corrected chi connectivity index (χ3v) is 3.98. The normalized spacial score (nSPS) is 10.9. The molecule has 0 aliphatic carbocycles. The van der Waals surface area contributed by atoms with Gasteiger partial charge in [0, 0.05) is 37.3 Å². The van der Waals surface area contributed by atoms with E-state index in [1.54, 1.807) is 0 Å². The number of nitrogens with zero attached hydrogens (tertiary/aromatic N) is 1. The van der Waals surface area contributed by atoms with Crippen LogP contribution >= 0.6 is 0 Å². The SMILES string of the molecule is CCCCCCOCCOCCOCCCC(=O)c1ccc([N+](=O)[O-])cc1. The molecule has 0 aromatic heterocycles. The van der Waals surface area contributed by atoms with Crippen LogP contribution in [0.25, 0.3) is 0 Å². The second-order valence-electron chi connectivity index (χ2n) is 6.23. The molecule has 0 heterocycles. The summed E-state index contributed by atoms with van der Waals surface area (Å²) in [5.74, 6) is -0.0409. The lowest BCUT2D eigenvalue weighted by Gasteiger charge is -2.07. The zero-order chi connectivity index (χ0) is 19.7. The van der Waals surface area contributed by atoms with Gasteiger partial charge in [0.1, 0.15) is 0 Å². The van der Waals surface area contributed by atoms with Gasteiger partial charge >= 0.3 is 0 Å². The first kappa shape index (κ1) is 23.2. The second-order valence-corrected chi connectivity index (χ2v) is 6.23. The zero-order valence-electron chi connectivity index (χ0n) is 16.2. The molecule has 0 spiro atoms. The van der Waals surface area contributed by atoms with Gasteiger partial charge in [-0.3, -0.25) is 14.9 Å². The van der Waals surface area contributed by atoms with Crippen LogP contribution in [-0.4, -0.2) is 50.3 Å². The number of carbonyl (C=O) groups excluding carboxylic acids is 1. The average molecular weight is 381 g/mol. The Hall–Kier alpha value is -1.83. The first-order valence-electron chi connectivity index (χ1n) is 9.66. The molecule has 0 saturated heterocycles. The number of hydrogen-bond acceptors (Lipinski definition) is 6. The molecular formula is C20H31NO6. The van der Waals surface area contributed by atoms with Crippen molar-refractivity contribution < 1.29 is 23.9 Å². The molecule has 1 rings (SSSR count). The topological polar surface area (TPSA) is 87.9 Å². The van der Waals surface area contributed by atoms with E-state index in [4.69, 9.17) is 14.2 Å². The molecule has 1 aromatic rings. The van der Waals surface area contributed by atoms with Gasteiger partial charge in [0.05, 0.1) is 31.4 Å². The maximum atomic E-state index is 12.0. The van der Waals surface area contributed by atoms with Crippen molar-refractivity contribution in [1.29, 1.82) is 0 Å². The Kier molecular flexibility index (Phi) is 13.1. The third-order valence-electron chi connectivity index (χ3n) is 3.98. The van der Waals surface area contributed by atoms with E-state index in [2.05, 4.69) is 6.92 Å². The van der Waals surface area contributed by atoms with E-state index in [1.807, 2.05) is 0 Å². The van der Waals surface area contributed by atoms with E-state index < -0.39 is 4.92 Å². The predicted molar refractivity (Wildman–Crippen MR) is 103 cm³/mol. The van der Waals surface area contributed by atoms with Gasteiger partial charge in [-0.15, -0.1) is 0 Å². The number of ether oxygens (including phenoxy) is 3. The molecule has 0 fully saturated rings. The maximum absolute atomic E-state index is 12.0. The van der Waals surface area contributed by atoms with Crippen molar-refractivity contribution in [2.45, 2.75) is 45.4 Å². The number of hydrogen-bond donors (Lipinski definition) is 0. The minimum atomic E-state index is -0.482. The summed E-state index contributed by atoms with van der Waals surface area (Å²) in [5, 5.41) is 10.6. The third kappa shape index (κ3) is 11.5. The van der Waals surface area contributed by atoms with Gasteiger partial charge in [-0.25, -0.2) is 0 Å². The second kappa shape index (κ2) is 15.2. The highest BCUT2D eigenvalue weighted by atomic mass is 16.6. The van der Waals surface area contributed by atoms with E-state index >= 15 is 0 Å². The molecule has 0 aliphatic rings. The van der Waals surface area contributed by atoms with Crippen LogP contribution in [0.4, 0.5) is 5.69 Å². The first-order valence-corrected chi connectivity index (χ1v) is 9.66. The van der Waals surface area contributed by atoms with Crippen LogP contribution < -0.4 is 0 Å². The highest BCUT2D eigenvalue weighted by Gasteiger charge is 2.09. The van der Waals surface area contributed by atoms with Crippen molar-refractivity contribution in [3.8, 4) is 0 Å². The summed E-state index contributed by atoms with van der Waals surface area (Å²) < 4.78 is 16.3. The molecule has 0 saturated carbocycles. The van der Waals surface area contributed by atoms with Crippen molar-refractivity contribution >= 4 is 11.5 Å². The van der Waals surface area contributed by atoms with Crippen molar-refractivity contribution in [2.24, 2.45) is 0 Å². The maximum Gasteiger partial charge on any atom is 0.269 e. The number of ketones is 1. The fraction of sp³-hybridized carbons (Fsp3) is 0.650. The van der Waals surface area contributed by atoms with Crippen molar-refractivity contribution in [1.82, 2.24) is 0 Å². The molecule has 152 valence electrons. The Morgan fingerprint density at radius 2 is 1.41 bits per heavy atom. The van der Waals surface area contributed by atoms with Crippen LogP contribution in [0, 0.1) is 10.1 Å². The molecule has 0 radical (unpaired) electrons. The number of benzene rings is 1. The minimum absolute atomic E-state index is 0.0169. The summed E-state index contributed by atoms with van der Waals surface area (Å²) in [6, 6.07) is 5.66. The fourth-order valence-corrected chi connectivity index (χ4v) is 2.42. The number of carbonyl (C=O) groups is 1. The number of Topliss-reactive ketones (excluding diaryl/α,β-unsaturated/α-hetero) is 1. The lowest BCUT2D eigenvalue weighted by Crippen LogP contribution is -2.10. The van der Waals surface area contributed by atoms with Crippen LogP contribution in [0.3, 0.4) is 0 Å². The molecule has 0 amide bonds. The largest absolute Gasteiger partial charge is 0.379 e. The highest BCUT2D eigenvalue weighted by Crippen LogP contribution is 2.13. The molecule has 27 heavy (non-hydrogen) atoms. The molecule has 0 unspecified atom stereocenters. The van der Waals surface area contributed by atoms with Crippen LogP contribution in [-0.2, 0) is 14.2 Å². The average Bonchev–Trinajstić information content (AvgIpc) is 2.68. The van der Waals surface area contributed by atoms with Crippen molar-refractivity contribution in [2.75, 3.05) is 39.6 Å². The summed E-state index contributed by atoms with van der Waals surface area (Å²) in [6.45, 7) is 5.63. The Morgan fingerprint density at radius 1 is 0.852 bits per heavy atom. The minimum Gasteiger partial charge on any atom is -0.379 e. The summed E-state index contributed by atoms with van der Waals surface area (Å²) in [7, 11) is 0. The molecule has 1 aromatic carbocycles. The molecule has 7 nitrogen and oxygen atoms in total. The van der Waals surface area contributed by atoms with E-state index in [1.165, 1.54) is 43.5 Å². The number of non-ortho nitro benzene ring substituents is 1. The molecule has 0 atom stereocenters. The Balaban J connectivity index is 1.92. The molecule has 0 bridgehead atoms. The highest BCUT2D eigenvalue weighted by molar-refractivity contribution is 5.96.